The molecule has 0 bridgehead atoms. The summed E-state index contributed by atoms with van der Waals surface area (Å²) in [6.45, 7) is 7.02. The van der Waals surface area contributed by atoms with E-state index in [1.807, 2.05) is 32.9 Å². The minimum absolute atomic E-state index is 0.121. The monoisotopic (exact) mass is 345 g/mol. The number of hydrogen-bond donors (Lipinski definition) is 1. The maximum Gasteiger partial charge on any atom is 0.270 e. The lowest BCUT2D eigenvalue weighted by molar-refractivity contribution is -0.0739. The molecule has 0 aliphatic carbocycles. The van der Waals surface area contributed by atoms with E-state index in [-0.39, 0.29) is 18.1 Å². The molecule has 0 aromatic carbocycles. The number of aromatic nitrogens is 2. The second-order valence-electron chi connectivity index (χ2n) is 6.26. The lowest BCUT2D eigenvalue weighted by Crippen LogP contribution is -2.50. The van der Waals surface area contributed by atoms with Crippen molar-refractivity contribution in [3.05, 3.63) is 46.6 Å². The summed E-state index contributed by atoms with van der Waals surface area (Å²) < 4.78 is 16.7. The van der Waals surface area contributed by atoms with Crippen LogP contribution in [0.5, 0.6) is 0 Å². The van der Waals surface area contributed by atoms with Crippen LogP contribution < -0.4 is 5.32 Å². The number of rotatable bonds is 5. The molecule has 25 heavy (non-hydrogen) atoms. The van der Waals surface area contributed by atoms with Gasteiger partial charge >= 0.3 is 0 Å². The molecule has 134 valence electrons. The first kappa shape index (κ1) is 17.6. The lowest BCUT2D eigenvalue weighted by atomic mass is 10.1. The molecule has 0 spiro atoms. The van der Waals surface area contributed by atoms with E-state index in [0.29, 0.717) is 31.9 Å². The molecular formula is C18H23N3O4. The first-order valence-electron chi connectivity index (χ1n) is 8.40. The normalized spacial score (nSPS) is 20.4. The van der Waals surface area contributed by atoms with Gasteiger partial charge in [-0.2, -0.15) is 0 Å². The molecule has 7 nitrogen and oxygen atoms in total. The summed E-state index contributed by atoms with van der Waals surface area (Å²) in [4.78, 5) is 16.7. The number of carbonyl (C=O) groups is 1. The maximum atomic E-state index is 12.5. The molecule has 2 aromatic heterocycles. The molecule has 2 atom stereocenters. The van der Waals surface area contributed by atoms with Crippen molar-refractivity contribution in [1.82, 2.24) is 15.5 Å². The van der Waals surface area contributed by atoms with Gasteiger partial charge in [-0.25, -0.2) is 4.98 Å². The van der Waals surface area contributed by atoms with Gasteiger partial charge in [-0.1, -0.05) is 11.2 Å². The van der Waals surface area contributed by atoms with Crippen molar-refractivity contribution in [3.8, 4) is 0 Å². The Kier molecular flexibility index (Phi) is 5.45. The number of carbonyl (C=O) groups excluding carboxylic acids is 1. The van der Waals surface area contributed by atoms with Gasteiger partial charge in [0, 0.05) is 17.9 Å². The molecular weight excluding hydrogens is 322 g/mol. The van der Waals surface area contributed by atoms with E-state index in [9.17, 15) is 4.79 Å². The van der Waals surface area contributed by atoms with Crippen molar-refractivity contribution in [3.63, 3.8) is 0 Å². The quantitative estimate of drug-likeness (QED) is 0.893. The number of hydrogen-bond acceptors (Lipinski definition) is 6. The smallest absolute Gasteiger partial charge is 0.270 e. The van der Waals surface area contributed by atoms with Crippen molar-refractivity contribution in [2.75, 3.05) is 13.2 Å². The zero-order valence-electron chi connectivity index (χ0n) is 14.7. The Labute approximate surface area is 146 Å². The van der Waals surface area contributed by atoms with Crippen LogP contribution in [0, 0.1) is 20.8 Å². The summed E-state index contributed by atoms with van der Waals surface area (Å²) in [5, 5.41) is 6.96. The molecule has 1 amide bonds. The Bertz CT molecular complexity index is 724. The Morgan fingerprint density at radius 2 is 2.20 bits per heavy atom. The van der Waals surface area contributed by atoms with Gasteiger partial charge in [-0.05, 0) is 39.3 Å². The second-order valence-corrected chi connectivity index (χ2v) is 6.26. The molecule has 0 radical (unpaired) electrons. The van der Waals surface area contributed by atoms with Crippen LogP contribution in [0.2, 0.25) is 0 Å². The molecule has 7 heteroatoms. The van der Waals surface area contributed by atoms with Crippen molar-refractivity contribution in [1.29, 1.82) is 0 Å². The number of pyridine rings is 1. The van der Waals surface area contributed by atoms with E-state index in [0.717, 1.165) is 22.7 Å². The van der Waals surface area contributed by atoms with Gasteiger partial charge in [0.1, 0.15) is 17.6 Å². The van der Waals surface area contributed by atoms with Gasteiger partial charge < -0.3 is 19.3 Å². The highest BCUT2D eigenvalue weighted by molar-refractivity contribution is 5.92. The molecule has 1 saturated heterocycles. The summed E-state index contributed by atoms with van der Waals surface area (Å²) in [6, 6.07) is 5.28. The van der Waals surface area contributed by atoms with Crippen molar-refractivity contribution >= 4 is 5.91 Å². The number of nitrogens with one attached hydrogen (secondary N) is 1. The molecule has 1 aliphatic rings. The molecule has 3 heterocycles. The molecule has 1 aliphatic heterocycles. The van der Waals surface area contributed by atoms with Gasteiger partial charge in [0.2, 0.25) is 0 Å². The van der Waals surface area contributed by atoms with Crippen molar-refractivity contribution in [2.45, 2.75) is 45.9 Å². The number of aryl methyl sites for hydroxylation is 3. The predicted octanol–water partition coefficient (Wildman–Crippen LogP) is 2.10. The standard InChI is InChI=1S/C18H23N3O4/c1-11-5-4-6-16(19-11)18(22)20-15-7-8-23-10-17(15)24-9-14-12(2)21-25-13(14)3/h4-6,15,17H,7-10H2,1-3H3,(H,20,22)/t15-,17-/m1/s1. The fourth-order valence-electron chi connectivity index (χ4n) is 2.85. The highest BCUT2D eigenvalue weighted by Crippen LogP contribution is 2.18. The number of amides is 1. The van der Waals surface area contributed by atoms with Crippen LogP contribution in [-0.4, -0.2) is 41.4 Å². The Morgan fingerprint density at radius 1 is 1.36 bits per heavy atom. The minimum Gasteiger partial charge on any atom is -0.379 e. The molecule has 2 aromatic rings. The van der Waals surface area contributed by atoms with Crippen molar-refractivity contribution < 1.29 is 18.8 Å². The maximum absolute atomic E-state index is 12.5. The van der Waals surface area contributed by atoms with E-state index >= 15 is 0 Å². The average molecular weight is 345 g/mol. The van der Waals surface area contributed by atoms with Crippen molar-refractivity contribution in [2.24, 2.45) is 0 Å². The van der Waals surface area contributed by atoms with Gasteiger partial charge in [0.15, 0.2) is 0 Å². The van der Waals surface area contributed by atoms with E-state index in [1.54, 1.807) is 6.07 Å². The topological polar surface area (TPSA) is 86.5 Å². The van der Waals surface area contributed by atoms with Crippen LogP contribution >= 0.6 is 0 Å². The molecule has 1 fully saturated rings. The molecule has 0 saturated carbocycles. The van der Waals surface area contributed by atoms with Crippen LogP contribution in [0.1, 0.15) is 39.6 Å². The van der Waals surface area contributed by atoms with E-state index in [4.69, 9.17) is 14.0 Å². The predicted molar refractivity (Wildman–Crippen MR) is 90.2 cm³/mol. The van der Waals surface area contributed by atoms with Crippen LogP contribution in [0.15, 0.2) is 22.7 Å². The number of nitrogens with zero attached hydrogens (tertiary/aromatic N) is 2. The van der Waals surface area contributed by atoms with Crippen LogP contribution in [-0.2, 0) is 16.1 Å². The third-order valence-corrected chi connectivity index (χ3v) is 4.36. The fraction of sp³-hybridized carbons (Fsp3) is 0.500. The summed E-state index contributed by atoms with van der Waals surface area (Å²) in [5.74, 6) is 0.556. The Balaban J connectivity index is 1.63. The molecule has 1 N–H and O–H groups in total. The van der Waals surface area contributed by atoms with Crippen LogP contribution in [0.4, 0.5) is 0 Å². The summed E-state index contributed by atoms with van der Waals surface area (Å²) in [5.41, 5.74) is 2.98. The van der Waals surface area contributed by atoms with E-state index in [1.165, 1.54) is 0 Å². The second kappa shape index (κ2) is 7.76. The minimum atomic E-state index is -0.226. The lowest BCUT2D eigenvalue weighted by Gasteiger charge is -2.32. The van der Waals surface area contributed by atoms with E-state index in [2.05, 4.69) is 15.5 Å². The first-order valence-corrected chi connectivity index (χ1v) is 8.40. The highest BCUT2D eigenvalue weighted by Gasteiger charge is 2.29. The van der Waals surface area contributed by atoms with Crippen LogP contribution in [0.25, 0.3) is 0 Å². The van der Waals surface area contributed by atoms with Crippen LogP contribution in [0.3, 0.4) is 0 Å². The SMILES string of the molecule is Cc1cccc(C(=O)N[C@@H]2CCOC[C@H]2OCc2c(C)noc2C)n1. The largest absolute Gasteiger partial charge is 0.379 e. The first-order chi connectivity index (χ1) is 12.0. The molecule has 3 rings (SSSR count). The summed E-state index contributed by atoms with van der Waals surface area (Å²) in [7, 11) is 0. The van der Waals surface area contributed by atoms with E-state index < -0.39 is 0 Å². The zero-order chi connectivity index (χ0) is 17.8. The average Bonchev–Trinajstić information content (AvgIpc) is 2.92. The van der Waals surface area contributed by atoms with Gasteiger partial charge in [0.05, 0.1) is 24.9 Å². The third kappa shape index (κ3) is 4.24. The summed E-state index contributed by atoms with van der Waals surface area (Å²) in [6.07, 6.45) is 0.473. The van der Waals surface area contributed by atoms with Gasteiger partial charge in [0.25, 0.3) is 5.91 Å². The summed E-state index contributed by atoms with van der Waals surface area (Å²) >= 11 is 0. The Hall–Kier alpha value is -2.25. The van der Waals surface area contributed by atoms with Gasteiger partial charge in [-0.15, -0.1) is 0 Å². The highest BCUT2D eigenvalue weighted by atomic mass is 16.5. The molecule has 0 unspecified atom stereocenters. The van der Waals surface area contributed by atoms with Gasteiger partial charge in [-0.3, -0.25) is 4.79 Å². The third-order valence-electron chi connectivity index (χ3n) is 4.36. The Morgan fingerprint density at radius 3 is 2.92 bits per heavy atom. The zero-order valence-corrected chi connectivity index (χ0v) is 14.7. The number of ether oxygens (including phenoxy) is 2. The fourth-order valence-corrected chi connectivity index (χ4v) is 2.85.